The second kappa shape index (κ2) is 15.6. The van der Waals surface area contributed by atoms with Gasteiger partial charge in [-0.2, -0.15) is 0 Å². The molecule has 0 aliphatic carbocycles. The van der Waals surface area contributed by atoms with Gasteiger partial charge in [0.15, 0.2) is 5.75 Å². The van der Waals surface area contributed by atoms with Crippen molar-refractivity contribution in [3.8, 4) is 33.4 Å². The molecule has 9 rings (SSSR count). The molecule has 3 fully saturated rings. The molecular formula is C43H40BrN5O7S. The summed E-state index contributed by atoms with van der Waals surface area (Å²) in [7, 11) is 0. The Labute approximate surface area is 341 Å². The zero-order valence-electron chi connectivity index (χ0n) is 31.0. The van der Waals surface area contributed by atoms with Gasteiger partial charge in [-0.15, -0.1) is 11.3 Å². The molecule has 1 aromatic heterocycles. The Morgan fingerprint density at radius 2 is 1.54 bits per heavy atom. The van der Waals surface area contributed by atoms with Gasteiger partial charge in [-0.05, 0) is 90.7 Å². The van der Waals surface area contributed by atoms with E-state index >= 15 is 0 Å². The summed E-state index contributed by atoms with van der Waals surface area (Å²) in [5.41, 5.74) is 2.54. The van der Waals surface area contributed by atoms with Crippen molar-refractivity contribution in [1.82, 2.24) is 20.0 Å². The number of hydrogen-bond acceptors (Lipinski definition) is 11. The normalized spacial score (nSPS) is 19.2. The van der Waals surface area contributed by atoms with Crippen molar-refractivity contribution in [2.45, 2.75) is 18.9 Å². The lowest BCUT2D eigenvalue weighted by Crippen LogP contribution is -2.55. The number of aromatic hydroxyl groups is 1. The molecule has 5 heterocycles. The maximum absolute atomic E-state index is 13.3. The minimum Gasteiger partial charge on any atom is -0.508 e. The Balaban J connectivity index is 0.717. The average molecular weight is 851 g/mol. The molecule has 0 spiro atoms. The summed E-state index contributed by atoms with van der Waals surface area (Å²) < 4.78 is 14.5. The monoisotopic (exact) mass is 849 g/mol. The SMILES string of the molecule is O=C1CCC(N2C(=O)c3ccc(N4CCN(CC5CN(CCOc6ccc(Oc7c(-c8ccc(Br)cc8)sc8cc(O)ccc78)cc6)C5)CC4)cc3C2=O)C(=O)N1. The first-order valence-corrected chi connectivity index (χ1v) is 20.8. The Bertz CT molecular complexity index is 2370. The first kappa shape index (κ1) is 37.3. The summed E-state index contributed by atoms with van der Waals surface area (Å²) in [6, 6.07) is 25.5. The summed E-state index contributed by atoms with van der Waals surface area (Å²) in [5, 5.41) is 13.3. The molecule has 292 valence electrons. The maximum Gasteiger partial charge on any atom is 0.262 e. The van der Waals surface area contributed by atoms with Crippen molar-refractivity contribution < 1.29 is 33.8 Å². The molecule has 3 saturated heterocycles. The quantitative estimate of drug-likeness (QED) is 0.145. The van der Waals surface area contributed by atoms with E-state index in [0.717, 1.165) is 99.4 Å². The molecule has 12 nitrogen and oxygen atoms in total. The van der Waals surface area contributed by atoms with Crippen molar-refractivity contribution in [1.29, 1.82) is 0 Å². The zero-order chi connectivity index (χ0) is 39.2. The number of imide groups is 2. The van der Waals surface area contributed by atoms with Crippen LogP contribution in [0.2, 0.25) is 0 Å². The van der Waals surface area contributed by atoms with E-state index in [1.807, 2.05) is 48.5 Å². The van der Waals surface area contributed by atoms with Crippen LogP contribution < -0.4 is 19.7 Å². The fourth-order valence-corrected chi connectivity index (χ4v) is 9.59. The first-order chi connectivity index (χ1) is 27.7. The van der Waals surface area contributed by atoms with Crippen LogP contribution in [0.3, 0.4) is 0 Å². The van der Waals surface area contributed by atoms with Gasteiger partial charge in [0.1, 0.15) is 29.9 Å². The molecule has 5 aromatic rings. The summed E-state index contributed by atoms with van der Waals surface area (Å²) in [6.07, 6.45) is 0.237. The van der Waals surface area contributed by atoms with E-state index in [0.29, 0.717) is 29.4 Å². The Morgan fingerprint density at radius 1 is 0.807 bits per heavy atom. The van der Waals surface area contributed by atoms with Crippen LogP contribution in [0.1, 0.15) is 33.6 Å². The number of fused-ring (bicyclic) bond motifs is 2. The number of piperidine rings is 1. The van der Waals surface area contributed by atoms with Gasteiger partial charge in [-0.25, -0.2) is 0 Å². The van der Waals surface area contributed by atoms with Crippen LogP contribution in [0.25, 0.3) is 20.5 Å². The minimum atomic E-state index is -0.966. The number of nitrogens with zero attached hydrogens (tertiary/aromatic N) is 4. The molecular weight excluding hydrogens is 810 g/mol. The lowest BCUT2D eigenvalue weighted by atomic mass is 9.99. The van der Waals surface area contributed by atoms with E-state index in [4.69, 9.17) is 9.47 Å². The van der Waals surface area contributed by atoms with E-state index in [-0.39, 0.29) is 24.5 Å². The number of phenolic OH excluding ortho intramolecular Hbond substituents is 1. The summed E-state index contributed by atoms with van der Waals surface area (Å²) in [6.45, 7) is 7.99. The largest absolute Gasteiger partial charge is 0.508 e. The summed E-state index contributed by atoms with van der Waals surface area (Å²) in [5.74, 6) is 1.13. The molecule has 4 aliphatic heterocycles. The van der Waals surface area contributed by atoms with Crippen molar-refractivity contribution in [3.05, 3.63) is 101 Å². The predicted molar refractivity (Wildman–Crippen MR) is 220 cm³/mol. The number of likely N-dealkylation sites (tertiary alicyclic amines) is 1. The minimum absolute atomic E-state index is 0.0964. The average Bonchev–Trinajstić information content (AvgIpc) is 3.67. The fourth-order valence-electron chi connectivity index (χ4n) is 8.15. The maximum atomic E-state index is 13.3. The lowest BCUT2D eigenvalue weighted by Gasteiger charge is -2.44. The highest BCUT2D eigenvalue weighted by Gasteiger charge is 2.45. The third-order valence-electron chi connectivity index (χ3n) is 11.2. The van der Waals surface area contributed by atoms with E-state index in [1.54, 1.807) is 35.6 Å². The Kier molecular flexibility index (Phi) is 10.2. The third-order valence-corrected chi connectivity index (χ3v) is 12.9. The van der Waals surface area contributed by atoms with Gasteiger partial charge in [0.25, 0.3) is 11.8 Å². The third kappa shape index (κ3) is 7.62. The van der Waals surface area contributed by atoms with Crippen LogP contribution in [0, 0.1) is 5.92 Å². The van der Waals surface area contributed by atoms with Crippen LogP contribution in [-0.4, -0.2) is 108 Å². The second-order valence-corrected chi connectivity index (χ2v) is 16.9. The highest BCUT2D eigenvalue weighted by atomic mass is 79.9. The van der Waals surface area contributed by atoms with Crippen LogP contribution in [0.15, 0.2) is 89.4 Å². The van der Waals surface area contributed by atoms with Crippen molar-refractivity contribution in [2.24, 2.45) is 5.92 Å². The number of ether oxygens (including phenoxy) is 2. The number of halogens is 1. The molecule has 14 heteroatoms. The number of carbonyl (C=O) groups is 4. The molecule has 0 radical (unpaired) electrons. The molecule has 4 amide bonds. The van der Waals surface area contributed by atoms with Crippen LogP contribution in [0.4, 0.5) is 5.69 Å². The molecule has 2 N–H and O–H groups in total. The predicted octanol–water partition coefficient (Wildman–Crippen LogP) is 6.36. The van der Waals surface area contributed by atoms with Crippen molar-refractivity contribution in [2.75, 3.05) is 63.9 Å². The lowest BCUT2D eigenvalue weighted by molar-refractivity contribution is -0.136. The molecule has 4 aromatic carbocycles. The van der Waals surface area contributed by atoms with Crippen molar-refractivity contribution in [3.63, 3.8) is 0 Å². The fraction of sp³-hybridized carbons (Fsp3) is 0.302. The second-order valence-electron chi connectivity index (χ2n) is 15.0. The Morgan fingerprint density at radius 3 is 2.30 bits per heavy atom. The molecule has 1 unspecified atom stereocenters. The number of rotatable bonds is 11. The molecule has 57 heavy (non-hydrogen) atoms. The van der Waals surface area contributed by atoms with Gasteiger partial charge in [0, 0.05) is 79.0 Å². The number of phenols is 1. The van der Waals surface area contributed by atoms with Crippen LogP contribution >= 0.6 is 27.3 Å². The Hall–Kier alpha value is -5.28. The number of hydrogen-bond donors (Lipinski definition) is 2. The van der Waals surface area contributed by atoms with Crippen molar-refractivity contribution >= 4 is 66.7 Å². The van der Waals surface area contributed by atoms with Gasteiger partial charge in [0.05, 0.1) is 16.0 Å². The first-order valence-electron chi connectivity index (χ1n) is 19.1. The van der Waals surface area contributed by atoms with E-state index < -0.39 is 23.8 Å². The number of thiophene rings is 1. The van der Waals surface area contributed by atoms with Crippen LogP contribution in [0.5, 0.6) is 23.0 Å². The van der Waals surface area contributed by atoms with E-state index in [1.165, 1.54) is 0 Å². The number of piperazine rings is 1. The standard InChI is InChI=1S/C43H40BrN5O7S/c44-28-3-1-27(2-4-28)40-39(34-12-6-30(50)22-37(34)57-40)56-32-9-7-31(8-10-32)55-20-19-47-24-26(25-47)23-46-15-17-48(18-16-46)29-5-11-33-35(21-29)43(54)49(42(33)53)36-13-14-38(51)45-41(36)52/h1-12,21-22,26,36,50H,13-20,23-25H2,(H,45,51,52). The topological polar surface area (TPSA) is 132 Å². The van der Waals surface area contributed by atoms with Gasteiger partial charge in [-0.1, -0.05) is 28.1 Å². The summed E-state index contributed by atoms with van der Waals surface area (Å²) >= 11 is 5.11. The number of anilines is 1. The highest BCUT2D eigenvalue weighted by Crippen LogP contribution is 2.47. The summed E-state index contributed by atoms with van der Waals surface area (Å²) in [4.78, 5) is 59.6. The molecule has 0 saturated carbocycles. The van der Waals surface area contributed by atoms with Gasteiger partial charge >= 0.3 is 0 Å². The number of carbonyl (C=O) groups excluding carboxylic acids is 4. The number of nitrogens with one attached hydrogen (secondary N) is 1. The zero-order valence-corrected chi connectivity index (χ0v) is 33.4. The van der Waals surface area contributed by atoms with E-state index in [2.05, 4.69) is 48.1 Å². The van der Waals surface area contributed by atoms with Gasteiger partial charge < -0.3 is 19.5 Å². The molecule has 0 bridgehead atoms. The van der Waals surface area contributed by atoms with Gasteiger partial charge in [0.2, 0.25) is 11.8 Å². The van der Waals surface area contributed by atoms with Crippen LogP contribution in [-0.2, 0) is 9.59 Å². The van der Waals surface area contributed by atoms with E-state index in [9.17, 15) is 24.3 Å². The smallest absolute Gasteiger partial charge is 0.262 e. The molecule has 4 aliphatic rings. The molecule has 1 atom stereocenters. The number of benzene rings is 4. The van der Waals surface area contributed by atoms with Gasteiger partial charge in [-0.3, -0.25) is 39.2 Å². The number of amides is 4. The highest BCUT2D eigenvalue weighted by molar-refractivity contribution is 9.10.